The second kappa shape index (κ2) is 5.48. The lowest BCUT2D eigenvalue weighted by atomic mass is 9.74. The summed E-state index contributed by atoms with van der Waals surface area (Å²) >= 11 is 0. The highest BCUT2D eigenvalue weighted by atomic mass is 16.5. The number of nitrogens with one attached hydrogen (secondary N) is 1. The van der Waals surface area contributed by atoms with Gasteiger partial charge >= 0.3 is 0 Å². The molecule has 2 fully saturated rings. The fourth-order valence-electron chi connectivity index (χ4n) is 2.65. The van der Waals surface area contributed by atoms with Crippen LogP contribution in [0, 0.1) is 28.1 Å². The van der Waals surface area contributed by atoms with Crippen molar-refractivity contribution in [2.45, 2.75) is 26.7 Å². The Morgan fingerprint density at radius 3 is 2.47 bits per heavy atom. The van der Waals surface area contributed by atoms with Gasteiger partial charge in [0.2, 0.25) is 5.91 Å². The van der Waals surface area contributed by atoms with Gasteiger partial charge in [0, 0.05) is 19.8 Å². The third-order valence-electron chi connectivity index (χ3n) is 4.38. The molecule has 5 heteroatoms. The molecule has 5 nitrogen and oxygen atoms in total. The van der Waals surface area contributed by atoms with E-state index in [9.17, 15) is 4.79 Å². The molecule has 19 heavy (non-hydrogen) atoms. The summed E-state index contributed by atoms with van der Waals surface area (Å²) in [6.45, 7) is 6.97. The van der Waals surface area contributed by atoms with E-state index in [2.05, 4.69) is 25.2 Å². The largest absolute Gasteiger partial charge is 0.381 e. The number of nitrogens with zero attached hydrogens (tertiary/aromatic N) is 1. The molecule has 2 aliphatic heterocycles. The van der Waals surface area contributed by atoms with Gasteiger partial charge in [-0.1, -0.05) is 13.8 Å². The molecule has 1 amide bonds. The molecule has 0 aromatic heterocycles. The minimum Gasteiger partial charge on any atom is -0.381 e. The maximum absolute atomic E-state index is 12.1. The standard InChI is InChI=1S/C14H22N2O3/c1-13(2,11-3-5-18-6-4-11)8-16-12(17)14(7-15)9-19-10-14/h11H,3-6,8-10H2,1-2H3,(H,16,17). The predicted octanol–water partition coefficient (Wildman–Crippen LogP) is 1.10. The van der Waals surface area contributed by atoms with Gasteiger partial charge in [-0.05, 0) is 24.2 Å². The molecular weight excluding hydrogens is 244 g/mol. The zero-order valence-corrected chi connectivity index (χ0v) is 11.7. The third-order valence-corrected chi connectivity index (χ3v) is 4.38. The van der Waals surface area contributed by atoms with Crippen LogP contribution in [0.1, 0.15) is 26.7 Å². The summed E-state index contributed by atoms with van der Waals surface area (Å²) in [7, 11) is 0. The van der Waals surface area contributed by atoms with Crippen LogP contribution in [0.4, 0.5) is 0 Å². The van der Waals surface area contributed by atoms with Gasteiger partial charge in [0.1, 0.15) is 0 Å². The molecule has 106 valence electrons. The number of carbonyl (C=O) groups excluding carboxylic acids is 1. The molecule has 0 spiro atoms. The van der Waals surface area contributed by atoms with Crippen molar-refractivity contribution in [2.24, 2.45) is 16.7 Å². The van der Waals surface area contributed by atoms with Gasteiger partial charge in [0.25, 0.3) is 0 Å². The number of carbonyl (C=O) groups is 1. The Bertz CT molecular complexity index is 377. The Balaban J connectivity index is 1.87. The van der Waals surface area contributed by atoms with E-state index in [1.807, 2.05) is 0 Å². The van der Waals surface area contributed by atoms with Crippen LogP contribution in [0.5, 0.6) is 0 Å². The molecule has 0 atom stereocenters. The number of nitriles is 1. The monoisotopic (exact) mass is 266 g/mol. The van der Waals surface area contributed by atoms with Crippen LogP contribution in [-0.2, 0) is 14.3 Å². The molecule has 0 aliphatic carbocycles. The highest BCUT2D eigenvalue weighted by molar-refractivity contribution is 5.86. The third kappa shape index (κ3) is 2.90. The Hall–Kier alpha value is -1.12. The zero-order valence-electron chi connectivity index (χ0n) is 11.7. The van der Waals surface area contributed by atoms with Gasteiger partial charge < -0.3 is 14.8 Å². The first-order chi connectivity index (χ1) is 9.00. The minimum absolute atomic E-state index is 0.0285. The summed E-state index contributed by atoms with van der Waals surface area (Å²) in [4.78, 5) is 12.1. The molecule has 2 aliphatic rings. The van der Waals surface area contributed by atoms with Gasteiger partial charge in [-0.2, -0.15) is 5.26 Å². The van der Waals surface area contributed by atoms with Gasteiger partial charge in [-0.25, -0.2) is 0 Å². The van der Waals surface area contributed by atoms with Crippen molar-refractivity contribution >= 4 is 5.91 Å². The average Bonchev–Trinajstić information content (AvgIpc) is 2.37. The van der Waals surface area contributed by atoms with E-state index in [0.29, 0.717) is 12.5 Å². The first-order valence-corrected chi connectivity index (χ1v) is 6.85. The molecule has 0 aromatic rings. The first kappa shape index (κ1) is 14.3. The number of rotatable bonds is 4. The molecule has 0 radical (unpaired) electrons. The fourth-order valence-corrected chi connectivity index (χ4v) is 2.65. The normalized spacial score (nSPS) is 23.2. The lowest BCUT2D eigenvalue weighted by Crippen LogP contribution is -2.55. The Labute approximate surface area is 114 Å². The number of amides is 1. The summed E-state index contributed by atoms with van der Waals surface area (Å²) in [5.74, 6) is 0.360. The molecule has 2 rings (SSSR count). The average molecular weight is 266 g/mol. The molecule has 0 unspecified atom stereocenters. The van der Waals surface area contributed by atoms with Crippen molar-refractivity contribution in [3.8, 4) is 6.07 Å². The molecule has 1 N–H and O–H groups in total. The van der Waals surface area contributed by atoms with E-state index in [0.717, 1.165) is 26.1 Å². The van der Waals surface area contributed by atoms with Crippen molar-refractivity contribution in [2.75, 3.05) is 33.0 Å². The van der Waals surface area contributed by atoms with E-state index in [4.69, 9.17) is 14.7 Å². The Morgan fingerprint density at radius 1 is 1.37 bits per heavy atom. The lowest BCUT2D eigenvalue weighted by molar-refractivity contribution is -0.150. The van der Waals surface area contributed by atoms with Crippen LogP contribution < -0.4 is 5.32 Å². The maximum Gasteiger partial charge on any atom is 0.245 e. The van der Waals surface area contributed by atoms with Crippen LogP contribution in [0.25, 0.3) is 0 Å². The summed E-state index contributed by atoms with van der Waals surface area (Å²) in [6, 6.07) is 2.07. The van der Waals surface area contributed by atoms with Crippen LogP contribution in [0.15, 0.2) is 0 Å². The SMILES string of the molecule is CC(C)(CNC(=O)C1(C#N)COC1)C1CCOCC1. The molecule has 0 saturated carbocycles. The fraction of sp³-hybridized carbons (Fsp3) is 0.857. The summed E-state index contributed by atoms with van der Waals surface area (Å²) in [5, 5.41) is 12.0. The second-order valence-corrected chi connectivity index (χ2v) is 6.24. The number of ether oxygens (including phenoxy) is 2. The quantitative estimate of drug-likeness (QED) is 0.827. The topological polar surface area (TPSA) is 71.4 Å². The van der Waals surface area contributed by atoms with E-state index in [1.54, 1.807) is 0 Å². The number of hydrogen-bond acceptors (Lipinski definition) is 4. The smallest absolute Gasteiger partial charge is 0.245 e. The summed E-state index contributed by atoms with van der Waals surface area (Å²) in [5.41, 5.74) is -0.924. The van der Waals surface area contributed by atoms with Crippen LogP contribution >= 0.6 is 0 Å². The second-order valence-electron chi connectivity index (χ2n) is 6.24. The minimum atomic E-state index is -0.953. The van der Waals surface area contributed by atoms with Crippen molar-refractivity contribution in [1.29, 1.82) is 5.26 Å². The van der Waals surface area contributed by atoms with Crippen molar-refractivity contribution < 1.29 is 14.3 Å². The van der Waals surface area contributed by atoms with E-state index in [-0.39, 0.29) is 24.5 Å². The van der Waals surface area contributed by atoms with E-state index < -0.39 is 5.41 Å². The Kier molecular flexibility index (Phi) is 4.12. The van der Waals surface area contributed by atoms with Crippen molar-refractivity contribution in [1.82, 2.24) is 5.32 Å². The Morgan fingerprint density at radius 2 is 2.00 bits per heavy atom. The van der Waals surface area contributed by atoms with Crippen LogP contribution in [0.3, 0.4) is 0 Å². The predicted molar refractivity (Wildman–Crippen MR) is 69.2 cm³/mol. The highest BCUT2D eigenvalue weighted by Crippen LogP contribution is 2.34. The van der Waals surface area contributed by atoms with Crippen molar-refractivity contribution in [3.63, 3.8) is 0 Å². The van der Waals surface area contributed by atoms with Gasteiger partial charge in [0.15, 0.2) is 5.41 Å². The maximum atomic E-state index is 12.1. The van der Waals surface area contributed by atoms with Gasteiger partial charge in [0.05, 0.1) is 19.3 Å². The molecule has 2 heterocycles. The molecule has 0 aromatic carbocycles. The van der Waals surface area contributed by atoms with E-state index in [1.165, 1.54) is 0 Å². The van der Waals surface area contributed by atoms with Gasteiger partial charge in [-0.15, -0.1) is 0 Å². The zero-order chi connectivity index (χ0) is 13.9. The molecular formula is C14H22N2O3. The summed E-state index contributed by atoms with van der Waals surface area (Å²) < 4.78 is 10.4. The van der Waals surface area contributed by atoms with Crippen LogP contribution in [-0.4, -0.2) is 38.9 Å². The molecule has 0 bridgehead atoms. The van der Waals surface area contributed by atoms with Gasteiger partial charge in [-0.3, -0.25) is 4.79 Å². The van der Waals surface area contributed by atoms with E-state index >= 15 is 0 Å². The van der Waals surface area contributed by atoms with Crippen LogP contribution in [0.2, 0.25) is 0 Å². The first-order valence-electron chi connectivity index (χ1n) is 6.85. The van der Waals surface area contributed by atoms with Crippen molar-refractivity contribution in [3.05, 3.63) is 0 Å². The summed E-state index contributed by atoms with van der Waals surface area (Å²) in [6.07, 6.45) is 2.07. The molecule has 2 saturated heterocycles. The lowest BCUT2D eigenvalue weighted by Gasteiger charge is -2.39. The number of hydrogen-bond donors (Lipinski definition) is 1. The highest BCUT2D eigenvalue weighted by Gasteiger charge is 2.47.